The lowest BCUT2D eigenvalue weighted by atomic mass is 10.3. The number of alkyl carbamates (subject to hydrolysis) is 1. The van der Waals surface area contributed by atoms with E-state index in [2.05, 4.69) is 23.5 Å². The number of carbonyl (C=O) groups is 4. The zero-order chi connectivity index (χ0) is 23.2. The van der Waals surface area contributed by atoms with E-state index in [0.29, 0.717) is 6.54 Å². The maximum absolute atomic E-state index is 11.9. The first-order valence-corrected chi connectivity index (χ1v) is 9.40. The van der Waals surface area contributed by atoms with E-state index in [-0.39, 0.29) is 43.9 Å². The molecule has 0 spiro atoms. The zero-order valence-electron chi connectivity index (χ0n) is 17.6. The summed E-state index contributed by atoms with van der Waals surface area (Å²) in [6.07, 6.45) is 3.02. The van der Waals surface area contributed by atoms with Gasteiger partial charge in [-0.3, -0.25) is 4.79 Å². The molecule has 11 nitrogen and oxygen atoms in total. The molecule has 0 fully saturated rings. The number of ether oxygens (including phenoxy) is 4. The first kappa shape index (κ1) is 25.4. The first-order chi connectivity index (χ1) is 14.7. The number of amides is 1. The van der Waals surface area contributed by atoms with Crippen LogP contribution >= 0.6 is 0 Å². The largest absolute Gasteiger partial charge is 0.462 e. The molecule has 1 atom stereocenters. The fourth-order valence-corrected chi connectivity index (χ4v) is 1.92. The van der Waals surface area contributed by atoms with Crippen LogP contribution in [-0.2, 0) is 39.9 Å². The lowest BCUT2D eigenvalue weighted by Gasteiger charge is -2.18. The van der Waals surface area contributed by atoms with E-state index < -0.39 is 30.1 Å². The normalized spacial score (nSPS) is 11.0. The van der Waals surface area contributed by atoms with Crippen LogP contribution in [-0.4, -0.2) is 66.0 Å². The highest BCUT2D eigenvalue weighted by molar-refractivity contribution is 5.87. The highest BCUT2D eigenvalue weighted by Gasteiger charge is 2.20. The van der Waals surface area contributed by atoms with Crippen molar-refractivity contribution in [2.45, 2.75) is 32.9 Å². The number of aryl methyl sites for hydroxylation is 1. The second kappa shape index (κ2) is 13.6. The van der Waals surface area contributed by atoms with Gasteiger partial charge in [-0.2, -0.15) is 0 Å². The summed E-state index contributed by atoms with van der Waals surface area (Å²) in [7, 11) is 0. The summed E-state index contributed by atoms with van der Waals surface area (Å²) in [5, 5.41) is 2.37. The summed E-state index contributed by atoms with van der Waals surface area (Å²) in [6, 6.07) is 0. The highest BCUT2D eigenvalue weighted by Crippen LogP contribution is 2.02. The van der Waals surface area contributed by atoms with Crippen molar-refractivity contribution in [1.82, 2.24) is 14.9 Å². The van der Waals surface area contributed by atoms with Crippen LogP contribution in [0, 0.1) is 0 Å². The molecule has 0 radical (unpaired) electrons. The van der Waals surface area contributed by atoms with Crippen LogP contribution in [0.25, 0.3) is 0 Å². The van der Waals surface area contributed by atoms with E-state index in [1.165, 1.54) is 13.8 Å². The minimum Gasteiger partial charge on any atom is -0.462 e. The van der Waals surface area contributed by atoms with Crippen LogP contribution in [0.2, 0.25) is 0 Å². The minimum atomic E-state index is -1.04. The Bertz CT molecular complexity index is 788. The SMILES string of the molecule is C=C(C)C(=O)OCCNC(=O)OC(COC(=O)CCn1ccnc1)COC(=O)C(=C)C. The zero-order valence-corrected chi connectivity index (χ0v) is 17.6. The molecule has 0 saturated carbocycles. The molecule has 0 aliphatic heterocycles. The van der Waals surface area contributed by atoms with Crippen molar-refractivity contribution in [2.24, 2.45) is 0 Å². The van der Waals surface area contributed by atoms with Gasteiger partial charge in [-0.1, -0.05) is 13.2 Å². The summed E-state index contributed by atoms with van der Waals surface area (Å²) in [5.41, 5.74) is 0.400. The highest BCUT2D eigenvalue weighted by atomic mass is 16.6. The van der Waals surface area contributed by atoms with E-state index in [0.717, 1.165) is 0 Å². The Kier molecular flexibility index (Phi) is 11.1. The average Bonchev–Trinajstić information content (AvgIpc) is 3.24. The summed E-state index contributed by atoms with van der Waals surface area (Å²) >= 11 is 0. The third kappa shape index (κ3) is 11.2. The van der Waals surface area contributed by atoms with Crippen molar-refractivity contribution >= 4 is 24.0 Å². The van der Waals surface area contributed by atoms with Crippen LogP contribution < -0.4 is 5.32 Å². The number of nitrogens with one attached hydrogen (secondary N) is 1. The van der Waals surface area contributed by atoms with Crippen LogP contribution in [0.5, 0.6) is 0 Å². The number of hydrogen-bond donors (Lipinski definition) is 1. The first-order valence-electron chi connectivity index (χ1n) is 9.40. The molecule has 1 unspecified atom stereocenters. The smallest absolute Gasteiger partial charge is 0.407 e. The van der Waals surface area contributed by atoms with Crippen LogP contribution in [0.1, 0.15) is 20.3 Å². The van der Waals surface area contributed by atoms with E-state index in [1.54, 1.807) is 23.3 Å². The number of hydrogen-bond acceptors (Lipinski definition) is 9. The molecule has 1 aromatic rings. The number of nitrogens with zero attached hydrogens (tertiary/aromatic N) is 2. The van der Waals surface area contributed by atoms with Gasteiger partial charge in [-0.15, -0.1) is 0 Å². The van der Waals surface area contributed by atoms with Gasteiger partial charge in [-0.05, 0) is 13.8 Å². The monoisotopic (exact) mass is 437 g/mol. The molecule has 0 bridgehead atoms. The molecule has 0 aliphatic carbocycles. The van der Waals surface area contributed by atoms with Crippen molar-refractivity contribution in [3.05, 3.63) is 43.0 Å². The molecule has 1 rings (SSSR count). The number of imidazole rings is 1. The number of aromatic nitrogens is 2. The third-order valence-corrected chi connectivity index (χ3v) is 3.54. The van der Waals surface area contributed by atoms with Gasteiger partial charge in [0.25, 0.3) is 0 Å². The Labute approximate surface area is 180 Å². The topological polar surface area (TPSA) is 135 Å². The van der Waals surface area contributed by atoms with Crippen LogP contribution in [0.3, 0.4) is 0 Å². The van der Waals surface area contributed by atoms with Gasteiger partial charge in [0.1, 0.15) is 19.8 Å². The lowest BCUT2D eigenvalue weighted by Crippen LogP contribution is -2.36. The number of rotatable bonds is 13. The van der Waals surface area contributed by atoms with Crippen molar-refractivity contribution in [3.8, 4) is 0 Å². The van der Waals surface area contributed by atoms with Gasteiger partial charge in [0.15, 0.2) is 6.10 Å². The van der Waals surface area contributed by atoms with Gasteiger partial charge in [0, 0.05) is 30.1 Å². The Morgan fingerprint density at radius 2 is 1.68 bits per heavy atom. The van der Waals surface area contributed by atoms with Crippen LogP contribution in [0.15, 0.2) is 43.0 Å². The Hall–Kier alpha value is -3.63. The van der Waals surface area contributed by atoms with E-state index in [4.69, 9.17) is 18.9 Å². The fourth-order valence-electron chi connectivity index (χ4n) is 1.92. The van der Waals surface area contributed by atoms with Gasteiger partial charge in [0.2, 0.25) is 0 Å². The second-order valence-corrected chi connectivity index (χ2v) is 6.48. The maximum Gasteiger partial charge on any atom is 0.407 e. The van der Waals surface area contributed by atoms with Gasteiger partial charge in [0.05, 0.1) is 19.3 Å². The molecular weight excluding hydrogens is 410 g/mol. The predicted molar refractivity (Wildman–Crippen MR) is 108 cm³/mol. The van der Waals surface area contributed by atoms with Crippen molar-refractivity contribution < 1.29 is 38.1 Å². The average molecular weight is 437 g/mol. The summed E-state index contributed by atoms with van der Waals surface area (Å²) < 4.78 is 21.8. The van der Waals surface area contributed by atoms with E-state index >= 15 is 0 Å². The lowest BCUT2D eigenvalue weighted by molar-refractivity contribution is -0.150. The van der Waals surface area contributed by atoms with Gasteiger partial charge < -0.3 is 28.8 Å². The Balaban J connectivity index is 2.45. The quantitative estimate of drug-likeness (QED) is 0.209. The van der Waals surface area contributed by atoms with E-state index in [9.17, 15) is 19.2 Å². The molecule has 1 heterocycles. The summed E-state index contributed by atoms with van der Waals surface area (Å²) in [5.74, 6) is -1.78. The fraction of sp³-hybridized carbons (Fsp3) is 0.450. The maximum atomic E-state index is 11.9. The molecule has 1 N–H and O–H groups in total. The van der Waals surface area contributed by atoms with Crippen molar-refractivity contribution in [2.75, 3.05) is 26.4 Å². The Morgan fingerprint density at radius 1 is 1.03 bits per heavy atom. The molecule has 1 aromatic heterocycles. The van der Waals surface area contributed by atoms with Gasteiger partial charge >= 0.3 is 24.0 Å². The van der Waals surface area contributed by atoms with Gasteiger partial charge in [-0.25, -0.2) is 19.4 Å². The molecule has 0 aromatic carbocycles. The molecule has 0 aliphatic rings. The van der Waals surface area contributed by atoms with E-state index in [1.807, 2.05) is 0 Å². The second-order valence-electron chi connectivity index (χ2n) is 6.48. The molecule has 0 saturated heterocycles. The minimum absolute atomic E-state index is 0.0131. The van der Waals surface area contributed by atoms with Crippen molar-refractivity contribution in [3.63, 3.8) is 0 Å². The van der Waals surface area contributed by atoms with Crippen LogP contribution in [0.4, 0.5) is 4.79 Å². The standard InChI is InChI=1S/C20H27N3O8/c1-14(2)18(25)28-10-7-22-20(27)31-16(12-30-19(26)15(3)4)11-29-17(24)5-8-23-9-6-21-13-23/h6,9,13,16H,1,3,5,7-8,10-12H2,2,4H3,(H,22,27). The number of esters is 3. The molecule has 170 valence electrons. The molecular formula is C20H27N3O8. The summed E-state index contributed by atoms with van der Waals surface area (Å²) in [6.45, 7) is 9.49. The molecule has 1 amide bonds. The number of carbonyl (C=O) groups excluding carboxylic acids is 4. The van der Waals surface area contributed by atoms with Crippen molar-refractivity contribution in [1.29, 1.82) is 0 Å². The molecule has 11 heteroatoms. The summed E-state index contributed by atoms with van der Waals surface area (Å²) in [4.78, 5) is 50.6. The third-order valence-electron chi connectivity index (χ3n) is 3.54. The Morgan fingerprint density at radius 3 is 2.29 bits per heavy atom. The molecule has 31 heavy (non-hydrogen) atoms. The predicted octanol–water partition coefficient (Wildman–Crippen LogP) is 1.15.